The van der Waals surface area contributed by atoms with Crippen LogP contribution in [0.4, 0.5) is 0 Å². The molecule has 5 nitrogen and oxygen atoms in total. The second kappa shape index (κ2) is 5.16. The van der Waals surface area contributed by atoms with E-state index in [1.54, 1.807) is 0 Å². The maximum atomic E-state index is 12.2. The van der Waals surface area contributed by atoms with Crippen molar-refractivity contribution in [3.8, 4) is 0 Å². The van der Waals surface area contributed by atoms with E-state index < -0.39 is 22.9 Å². The number of rotatable bonds is 1. The normalized spacial score (nSPS) is 64.1. The second-order valence-corrected chi connectivity index (χ2v) is 11.6. The third-order valence-corrected chi connectivity index (χ3v) is 11.4. The topological polar surface area (TPSA) is 79.2 Å². The first-order chi connectivity index (χ1) is 13.1. The SMILES string of the molecule is CC1(C2CC[C@]3(O)C4C[C@@H](O)C56C[C@@H]5CC[C@]6(C)C4C[C@@H](O)[C@]23C)OCCO1. The molecule has 10 atom stereocenters. The molecule has 28 heavy (non-hydrogen) atoms. The molecule has 0 radical (unpaired) electrons. The summed E-state index contributed by atoms with van der Waals surface area (Å²) in [4.78, 5) is 0. The van der Waals surface area contributed by atoms with Crippen LogP contribution in [0.5, 0.6) is 0 Å². The minimum absolute atomic E-state index is 0.0402. The third-order valence-electron chi connectivity index (χ3n) is 11.4. The van der Waals surface area contributed by atoms with Crippen LogP contribution in [0.15, 0.2) is 0 Å². The van der Waals surface area contributed by atoms with Crippen LogP contribution in [0.1, 0.15) is 65.7 Å². The Morgan fingerprint density at radius 3 is 2.21 bits per heavy atom. The molecule has 5 aliphatic carbocycles. The van der Waals surface area contributed by atoms with Crippen LogP contribution in [-0.2, 0) is 9.47 Å². The van der Waals surface area contributed by atoms with E-state index in [-0.39, 0.29) is 34.7 Å². The van der Waals surface area contributed by atoms with Crippen LogP contribution >= 0.6 is 0 Å². The van der Waals surface area contributed by atoms with Gasteiger partial charge in [0.05, 0.1) is 31.0 Å². The average molecular weight is 393 g/mol. The molecule has 1 aliphatic heterocycles. The standard InChI is InChI=1S/C23H36O5/c1-19-6-4-13-12-22(13,19)18(25)11-15-14(19)10-17(24)20(2)16(5-7-23(15,20)26)21(3)27-8-9-28-21/h13-18,24-26H,4-12H2,1-3H3/t13-,14?,15?,16?,17+,18+,19+,20-,22?,23-/m0/s1. The van der Waals surface area contributed by atoms with E-state index >= 15 is 0 Å². The summed E-state index contributed by atoms with van der Waals surface area (Å²) >= 11 is 0. The lowest BCUT2D eigenvalue weighted by Crippen LogP contribution is -2.69. The van der Waals surface area contributed by atoms with E-state index in [9.17, 15) is 15.3 Å². The first kappa shape index (κ1) is 18.6. The molecule has 0 aromatic heterocycles. The van der Waals surface area contributed by atoms with Crippen molar-refractivity contribution in [1.82, 2.24) is 0 Å². The fourth-order valence-electron chi connectivity index (χ4n) is 9.81. The minimum Gasteiger partial charge on any atom is -0.393 e. The lowest BCUT2D eigenvalue weighted by molar-refractivity contribution is -0.289. The number of ether oxygens (including phenoxy) is 2. The molecule has 1 saturated heterocycles. The number of hydrogen-bond donors (Lipinski definition) is 3. The quantitative estimate of drug-likeness (QED) is 0.639. The largest absolute Gasteiger partial charge is 0.393 e. The Morgan fingerprint density at radius 2 is 1.54 bits per heavy atom. The van der Waals surface area contributed by atoms with Crippen LogP contribution < -0.4 is 0 Å². The Hall–Kier alpha value is -0.200. The number of hydrogen-bond acceptors (Lipinski definition) is 5. The number of aliphatic hydroxyl groups excluding tert-OH is 2. The van der Waals surface area contributed by atoms with Gasteiger partial charge in [-0.15, -0.1) is 0 Å². The van der Waals surface area contributed by atoms with Crippen LogP contribution in [0.25, 0.3) is 0 Å². The predicted molar refractivity (Wildman–Crippen MR) is 102 cm³/mol. The summed E-state index contributed by atoms with van der Waals surface area (Å²) in [6, 6.07) is 0. The Kier molecular flexibility index (Phi) is 3.42. The van der Waals surface area contributed by atoms with Gasteiger partial charge in [0.15, 0.2) is 5.79 Å². The first-order valence-electron chi connectivity index (χ1n) is 11.5. The summed E-state index contributed by atoms with van der Waals surface area (Å²) in [5.41, 5.74) is -1.55. The molecule has 6 fully saturated rings. The summed E-state index contributed by atoms with van der Waals surface area (Å²) in [5, 5.41) is 35.1. The molecule has 6 rings (SSSR count). The molecule has 3 N–H and O–H groups in total. The molecule has 5 saturated carbocycles. The van der Waals surface area contributed by atoms with Crippen molar-refractivity contribution in [2.45, 2.75) is 89.3 Å². The summed E-state index contributed by atoms with van der Waals surface area (Å²) in [6.45, 7) is 7.55. The molecular weight excluding hydrogens is 356 g/mol. The van der Waals surface area contributed by atoms with Gasteiger partial charge in [-0.05, 0) is 75.0 Å². The van der Waals surface area contributed by atoms with Crippen molar-refractivity contribution >= 4 is 0 Å². The zero-order valence-electron chi connectivity index (χ0n) is 17.5. The molecule has 0 bridgehead atoms. The summed E-state index contributed by atoms with van der Waals surface area (Å²) in [5.74, 6) is 0.209. The van der Waals surface area contributed by atoms with Gasteiger partial charge in [-0.25, -0.2) is 0 Å². The summed E-state index contributed by atoms with van der Waals surface area (Å²) in [7, 11) is 0. The molecule has 5 heteroatoms. The maximum Gasteiger partial charge on any atom is 0.169 e. The van der Waals surface area contributed by atoms with Crippen molar-refractivity contribution < 1.29 is 24.8 Å². The van der Waals surface area contributed by atoms with Gasteiger partial charge in [-0.1, -0.05) is 13.8 Å². The van der Waals surface area contributed by atoms with Gasteiger partial charge in [-0.3, -0.25) is 0 Å². The van der Waals surface area contributed by atoms with Gasteiger partial charge in [0.25, 0.3) is 0 Å². The molecule has 1 heterocycles. The van der Waals surface area contributed by atoms with Crippen LogP contribution in [0, 0.1) is 39.9 Å². The highest BCUT2D eigenvalue weighted by molar-refractivity contribution is 5.29. The molecule has 4 unspecified atom stereocenters. The molecule has 6 aliphatic rings. The Morgan fingerprint density at radius 1 is 0.857 bits per heavy atom. The fourth-order valence-corrected chi connectivity index (χ4v) is 9.81. The monoisotopic (exact) mass is 392 g/mol. The highest BCUT2D eigenvalue weighted by Crippen LogP contribution is 2.82. The van der Waals surface area contributed by atoms with Crippen LogP contribution in [0.2, 0.25) is 0 Å². The van der Waals surface area contributed by atoms with Crippen molar-refractivity contribution in [2.24, 2.45) is 39.9 Å². The Bertz CT molecular complexity index is 705. The van der Waals surface area contributed by atoms with Crippen molar-refractivity contribution in [3.63, 3.8) is 0 Å². The molecule has 0 amide bonds. The van der Waals surface area contributed by atoms with E-state index in [4.69, 9.17) is 9.47 Å². The van der Waals surface area contributed by atoms with Crippen molar-refractivity contribution in [3.05, 3.63) is 0 Å². The number of fused-ring (bicyclic) bond motifs is 4. The zero-order valence-corrected chi connectivity index (χ0v) is 17.5. The van der Waals surface area contributed by atoms with Crippen LogP contribution in [0.3, 0.4) is 0 Å². The fraction of sp³-hybridized carbons (Fsp3) is 1.00. The second-order valence-electron chi connectivity index (χ2n) is 11.6. The highest BCUT2D eigenvalue weighted by Gasteiger charge is 2.80. The molecule has 0 aromatic carbocycles. The van der Waals surface area contributed by atoms with Crippen LogP contribution in [-0.4, -0.2) is 52.1 Å². The Balaban J connectivity index is 1.43. The van der Waals surface area contributed by atoms with Gasteiger partial charge in [0.2, 0.25) is 0 Å². The molecule has 1 spiro atoms. The smallest absolute Gasteiger partial charge is 0.169 e. The maximum absolute atomic E-state index is 12.2. The van der Waals surface area contributed by atoms with E-state index in [0.717, 1.165) is 25.7 Å². The highest BCUT2D eigenvalue weighted by atomic mass is 16.7. The van der Waals surface area contributed by atoms with E-state index in [1.165, 1.54) is 6.42 Å². The van der Waals surface area contributed by atoms with Gasteiger partial charge in [-0.2, -0.15) is 0 Å². The van der Waals surface area contributed by atoms with Gasteiger partial charge in [0.1, 0.15) is 0 Å². The minimum atomic E-state index is -0.975. The molecule has 158 valence electrons. The number of aliphatic hydroxyl groups is 3. The molecular formula is C23H36O5. The Labute approximate surface area is 167 Å². The lowest BCUT2D eigenvalue weighted by Gasteiger charge is -2.65. The van der Waals surface area contributed by atoms with Gasteiger partial charge >= 0.3 is 0 Å². The van der Waals surface area contributed by atoms with Crippen molar-refractivity contribution in [2.75, 3.05) is 13.2 Å². The van der Waals surface area contributed by atoms with E-state index in [0.29, 0.717) is 32.0 Å². The zero-order chi connectivity index (χ0) is 19.7. The van der Waals surface area contributed by atoms with E-state index in [2.05, 4.69) is 13.8 Å². The first-order valence-corrected chi connectivity index (χ1v) is 11.5. The summed E-state index contributed by atoms with van der Waals surface area (Å²) in [6.07, 6.45) is 5.45. The van der Waals surface area contributed by atoms with E-state index in [1.807, 2.05) is 6.92 Å². The lowest BCUT2D eigenvalue weighted by atomic mass is 9.43. The predicted octanol–water partition coefficient (Wildman–Crippen LogP) is 2.46. The van der Waals surface area contributed by atoms with Gasteiger partial charge in [0, 0.05) is 16.7 Å². The molecule has 0 aromatic rings. The van der Waals surface area contributed by atoms with Crippen molar-refractivity contribution in [1.29, 1.82) is 0 Å². The van der Waals surface area contributed by atoms with Gasteiger partial charge < -0.3 is 24.8 Å². The average Bonchev–Trinajstić information content (AvgIpc) is 2.91. The summed E-state index contributed by atoms with van der Waals surface area (Å²) < 4.78 is 12.0. The third kappa shape index (κ3) is 1.73.